The normalized spacial score (nSPS) is 10.7. The molecule has 172 valence electrons. The Bertz CT molecular complexity index is 1250. The highest BCUT2D eigenvalue weighted by atomic mass is 32.1. The first-order chi connectivity index (χ1) is 16.5. The zero-order chi connectivity index (χ0) is 23.9. The fraction of sp³-hybridized carbons (Fsp3) is 0.148. The molecule has 0 aliphatic rings. The van der Waals surface area contributed by atoms with E-state index in [2.05, 4.69) is 29.5 Å². The molecule has 0 saturated carbocycles. The molecule has 0 spiro atoms. The average Bonchev–Trinajstić information content (AvgIpc) is 3.25. The number of carbonyl (C=O) groups is 2. The van der Waals surface area contributed by atoms with Crippen molar-refractivity contribution < 1.29 is 14.3 Å². The first-order valence-electron chi connectivity index (χ1n) is 10.9. The minimum absolute atomic E-state index is 0.146. The van der Waals surface area contributed by atoms with E-state index >= 15 is 0 Å². The number of amides is 2. The maximum absolute atomic E-state index is 12.7. The van der Waals surface area contributed by atoms with Crippen LogP contribution in [-0.2, 0) is 4.79 Å². The van der Waals surface area contributed by atoms with E-state index in [1.165, 1.54) is 16.9 Å². The number of nitrogens with zero attached hydrogens (tertiary/aromatic N) is 1. The molecule has 0 unspecified atom stereocenters. The Morgan fingerprint density at radius 3 is 2.18 bits per heavy atom. The minimum atomic E-state index is -0.331. The molecule has 2 N–H and O–H groups in total. The van der Waals surface area contributed by atoms with Crippen molar-refractivity contribution in [2.75, 3.05) is 17.2 Å². The van der Waals surface area contributed by atoms with Crippen molar-refractivity contribution in [2.24, 2.45) is 0 Å². The van der Waals surface area contributed by atoms with Crippen LogP contribution >= 0.6 is 11.3 Å². The summed E-state index contributed by atoms with van der Waals surface area (Å²) in [5, 5.41) is 6.64. The predicted octanol–water partition coefficient (Wildman–Crippen LogP) is 6.20. The lowest BCUT2D eigenvalue weighted by molar-refractivity contribution is -0.118. The van der Waals surface area contributed by atoms with Crippen LogP contribution in [-0.4, -0.2) is 23.4 Å². The first kappa shape index (κ1) is 23.2. The number of hydrogen-bond donors (Lipinski definition) is 2. The number of rotatable bonds is 8. The highest BCUT2D eigenvalue weighted by Gasteiger charge is 2.18. The third-order valence-electron chi connectivity index (χ3n) is 5.10. The smallest absolute Gasteiger partial charge is 0.264 e. The van der Waals surface area contributed by atoms with E-state index in [0.29, 0.717) is 33.1 Å². The van der Waals surface area contributed by atoms with Gasteiger partial charge in [0, 0.05) is 11.1 Å². The van der Waals surface area contributed by atoms with E-state index < -0.39 is 0 Å². The molecule has 1 aromatic heterocycles. The largest absolute Gasteiger partial charge is 0.484 e. The molecule has 6 nitrogen and oxygen atoms in total. The fourth-order valence-corrected chi connectivity index (χ4v) is 4.17. The SMILES string of the molecule is CC(C)c1ccc(OCC(=O)Nc2nc(-c3ccccc3)c(NC(=O)c3ccccc3)s2)cc1. The second-order valence-electron chi connectivity index (χ2n) is 7.94. The monoisotopic (exact) mass is 471 g/mol. The molecule has 0 atom stereocenters. The topological polar surface area (TPSA) is 80.3 Å². The second kappa shape index (κ2) is 10.8. The van der Waals surface area contributed by atoms with Crippen LogP contribution in [0.25, 0.3) is 11.3 Å². The van der Waals surface area contributed by atoms with Gasteiger partial charge in [0.25, 0.3) is 11.8 Å². The maximum atomic E-state index is 12.7. The van der Waals surface area contributed by atoms with Gasteiger partial charge in [0.2, 0.25) is 0 Å². The number of anilines is 2. The van der Waals surface area contributed by atoms with Gasteiger partial charge in [-0.15, -0.1) is 0 Å². The second-order valence-corrected chi connectivity index (χ2v) is 8.94. The summed E-state index contributed by atoms with van der Waals surface area (Å²) < 4.78 is 5.61. The van der Waals surface area contributed by atoms with Gasteiger partial charge in [0.1, 0.15) is 16.4 Å². The van der Waals surface area contributed by atoms with Crippen LogP contribution in [0.1, 0.15) is 35.7 Å². The van der Waals surface area contributed by atoms with Gasteiger partial charge in [-0.2, -0.15) is 0 Å². The summed E-state index contributed by atoms with van der Waals surface area (Å²) in [6.45, 7) is 4.10. The van der Waals surface area contributed by atoms with Gasteiger partial charge in [-0.3, -0.25) is 14.9 Å². The number of ether oxygens (including phenoxy) is 1. The lowest BCUT2D eigenvalue weighted by Crippen LogP contribution is -2.20. The van der Waals surface area contributed by atoms with Crippen molar-refractivity contribution in [3.63, 3.8) is 0 Å². The Morgan fingerprint density at radius 1 is 0.882 bits per heavy atom. The van der Waals surface area contributed by atoms with E-state index in [9.17, 15) is 9.59 Å². The van der Waals surface area contributed by atoms with E-state index in [4.69, 9.17) is 4.74 Å². The molecule has 1 heterocycles. The number of hydrogen-bond acceptors (Lipinski definition) is 5. The van der Waals surface area contributed by atoms with Gasteiger partial charge in [-0.05, 0) is 35.7 Å². The molecule has 3 aromatic carbocycles. The van der Waals surface area contributed by atoms with Gasteiger partial charge in [-0.25, -0.2) is 4.98 Å². The molecule has 0 bridgehead atoms. The number of benzene rings is 3. The van der Waals surface area contributed by atoms with E-state index in [1.807, 2.05) is 72.8 Å². The number of nitrogens with one attached hydrogen (secondary N) is 2. The summed E-state index contributed by atoms with van der Waals surface area (Å²) in [5.74, 6) is 0.479. The van der Waals surface area contributed by atoms with E-state index in [1.54, 1.807) is 12.1 Å². The molecule has 2 amide bonds. The Labute approximate surface area is 202 Å². The highest BCUT2D eigenvalue weighted by molar-refractivity contribution is 7.20. The van der Waals surface area contributed by atoms with Crippen LogP contribution in [0.3, 0.4) is 0 Å². The molecule has 0 radical (unpaired) electrons. The van der Waals surface area contributed by atoms with Crippen molar-refractivity contribution in [2.45, 2.75) is 19.8 Å². The highest BCUT2D eigenvalue weighted by Crippen LogP contribution is 2.36. The van der Waals surface area contributed by atoms with Crippen LogP contribution in [0.4, 0.5) is 10.1 Å². The standard InChI is InChI=1S/C27H25N3O3S/c1-18(2)19-13-15-22(16-14-19)33-17-23(31)28-27-29-24(20-9-5-3-6-10-20)26(34-27)30-25(32)21-11-7-4-8-12-21/h3-16,18H,17H2,1-2H3,(H,30,32)(H,28,29,31). The van der Waals surface area contributed by atoms with Crippen molar-refractivity contribution in [3.8, 4) is 17.0 Å². The quantitative estimate of drug-likeness (QED) is 0.320. The zero-order valence-electron chi connectivity index (χ0n) is 18.9. The molecular formula is C27H25N3O3S. The van der Waals surface area contributed by atoms with Gasteiger partial charge in [0.05, 0.1) is 0 Å². The van der Waals surface area contributed by atoms with Crippen LogP contribution < -0.4 is 15.4 Å². The first-order valence-corrected chi connectivity index (χ1v) is 11.8. The van der Waals surface area contributed by atoms with Gasteiger partial charge >= 0.3 is 0 Å². The number of thiazole rings is 1. The van der Waals surface area contributed by atoms with Crippen LogP contribution in [0.5, 0.6) is 5.75 Å². The third-order valence-corrected chi connectivity index (χ3v) is 5.99. The number of aromatic nitrogens is 1. The molecule has 0 saturated heterocycles. The summed E-state index contributed by atoms with van der Waals surface area (Å²) in [6.07, 6.45) is 0. The van der Waals surface area contributed by atoms with Crippen molar-refractivity contribution in [3.05, 3.63) is 96.1 Å². The molecule has 7 heteroatoms. The van der Waals surface area contributed by atoms with Crippen molar-refractivity contribution >= 4 is 33.3 Å². The Balaban J connectivity index is 1.47. The van der Waals surface area contributed by atoms with Crippen molar-refractivity contribution in [1.29, 1.82) is 0 Å². The Hall–Kier alpha value is -3.97. The van der Waals surface area contributed by atoms with Crippen LogP contribution in [0.15, 0.2) is 84.9 Å². The molecular weight excluding hydrogens is 446 g/mol. The summed E-state index contributed by atoms with van der Waals surface area (Å²) in [6, 6.07) is 26.2. The van der Waals surface area contributed by atoms with Gasteiger partial charge in [-0.1, -0.05) is 85.8 Å². The average molecular weight is 472 g/mol. The summed E-state index contributed by atoms with van der Waals surface area (Å²) in [4.78, 5) is 29.8. The zero-order valence-corrected chi connectivity index (χ0v) is 19.8. The molecule has 34 heavy (non-hydrogen) atoms. The maximum Gasteiger partial charge on any atom is 0.264 e. The molecule has 4 aromatic rings. The van der Waals surface area contributed by atoms with E-state index in [0.717, 1.165) is 5.56 Å². The Morgan fingerprint density at radius 2 is 1.53 bits per heavy atom. The van der Waals surface area contributed by atoms with Crippen LogP contribution in [0, 0.1) is 0 Å². The molecule has 0 fully saturated rings. The lowest BCUT2D eigenvalue weighted by Gasteiger charge is -2.08. The lowest BCUT2D eigenvalue weighted by atomic mass is 10.0. The minimum Gasteiger partial charge on any atom is -0.484 e. The fourth-order valence-electron chi connectivity index (χ4n) is 3.27. The molecule has 0 aliphatic heterocycles. The third kappa shape index (κ3) is 5.88. The summed E-state index contributed by atoms with van der Waals surface area (Å²) in [5.41, 5.74) is 3.18. The molecule has 0 aliphatic carbocycles. The number of carbonyl (C=O) groups excluding carboxylic acids is 2. The predicted molar refractivity (Wildman–Crippen MR) is 137 cm³/mol. The van der Waals surface area contributed by atoms with E-state index in [-0.39, 0.29) is 18.4 Å². The van der Waals surface area contributed by atoms with Gasteiger partial charge in [0.15, 0.2) is 11.7 Å². The molecule has 4 rings (SSSR count). The Kier molecular flexibility index (Phi) is 7.34. The van der Waals surface area contributed by atoms with Crippen LogP contribution in [0.2, 0.25) is 0 Å². The summed E-state index contributed by atoms with van der Waals surface area (Å²) >= 11 is 1.20. The van der Waals surface area contributed by atoms with Gasteiger partial charge < -0.3 is 10.1 Å². The van der Waals surface area contributed by atoms with Crippen molar-refractivity contribution in [1.82, 2.24) is 4.98 Å². The summed E-state index contributed by atoms with van der Waals surface area (Å²) in [7, 11) is 0.